The minimum absolute atomic E-state index is 0.0175. The zero-order chi connectivity index (χ0) is 16.9. The van der Waals surface area contributed by atoms with Crippen molar-refractivity contribution in [2.24, 2.45) is 5.92 Å². The van der Waals surface area contributed by atoms with Crippen molar-refractivity contribution in [3.8, 4) is 0 Å². The molecule has 128 valence electrons. The summed E-state index contributed by atoms with van der Waals surface area (Å²) in [6.45, 7) is 3.35. The standard InChI is InChI=1S/C16H25N3O3S/c1-13(17-2)12-18-16(20)14-8-10-19(11-9-14)23(21,22)15-6-4-3-5-7-15/h3-7,13-14,17H,8-12H2,1-2H3,(H,18,20). The van der Waals surface area contributed by atoms with Crippen LogP contribution in [0.5, 0.6) is 0 Å². The van der Waals surface area contributed by atoms with Gasteiger partial charge in [-0.25, -0.2) is 8.42 Å². The van der Waals surface area contributed by atoms with Crippen LogP contribution in [-0.2, 0) is 14.8 Å². The first kappa shape index (κ1) is 17.9. The Morgan fingerprint density at radius 1 is 1.26 bits per heavy atom. The van der Waals surface area contributed by atoms with Crippen LogP contribution in [-0.4, -0.2) is 51.4 Å². The summed E-state index contributed by atoms with van der Waals surface area (Å²) >= 11 is 0. The molecule has 0 radical (unpaired) electrons. The third kappa shape index (κ3) is 4.53. The van der Waals surface area contributed by atoms with Gasteiger partial charge >= 0.3 is 0 Å². The van der Waals surface area contributed by atoms with Crippen molar-refractivity contribution < 1.29 is 13.2 Å². The zero-order valence-electron chi connectivity index (χ0n) is 13.7. The predicted molar refractivity (Wildman–Crippen MR) is 89.5 cm³/mol. The first-order chi connectivity index (χ1) is 10.9. The lowest BCUT2D eigenvalue weighted by Crippen LogP contribution is -2.45. The fraction of sp³-hybridized carbons (Fsp3) is 0.562. The molecule has 0 saturated carbocycles. The van der Waals surface area contributed by atoms with E-state index in [0.29, 0.717) is 37.4 Å². The maximum atomic E-state index is 12.5. The van der Waals surface area contributed by atoms with E-state index in [1.807, 2.05) is 14.0 Å². The predicted octanol–water partition coefficient (Wildman–Crippen LogP) is 0.811. The minimum atomic E-state index is -3.45. The van der Waals surface area contributed by atoms with E-state index in [1.54, 1.807) is 30.3 Å². The van der Waals surface area contributed by atoms with Gasteiger partial charge in [0.2, 0.25) is 15.9 Å². The number of amides is 1. The Balaban J connectivity index is 1.90. The van der Waals surface area contributed by atoms with E-state index in [1.165, 1.54) is 4.31 Å². The molecule has 1 amide bonds. The largest absolute Gasteiger partial charge is 0.354 e. The van der Waals surface area contributed by atoms with Gasteiger partial charge in [-0.05, 0) is 38.9 Å². The second kappa shape index (κ2) is 7.90. The number of hydrogen-bond acceptors (Lipinski definition) is 4. The molecule has 1 aliphatic heterocycles. The lowest BCUT2D eigenvalue weighted by atomic mass is 9.97. The summed E-state index contributed by atoms with van der Waals surface area (Å²) in [5.74, 6) is -0.0925. The average Bonchev–Trinajstić information content (AvgIpc) is 2.60. The second-order valence-corrected chi connectivity index (χ2v) is 7.86. The van der Waals surface area contributed by atoms with Crippen LogP contribution in [0.2, 0.25) is 0 Å². The van der Waals surface area contributed by atoms with E-state index in [-0.39, 0.29) is 17.9 Å². The van der Waals surface area contributed by atoms with Crippen LogP contribution >= 0.6 is 0 Å². The van der Waals surface area contributed by atoms with Crippen LogP contribution < -0.4 is 10.6 Å². The molecule has 0 bridgehead atoms. The van der Waals surface area contributed by atoms with Crippen molar-refractivity contribution in [3.63, 3.8) is 0 Å². The van der Waals surface area contributed by atoms with Crippen LogP contribution in [0, 0.1) is 5.92 Å². The highest BCUT2D eigenvalue weighted by Crippen LogP contribution is 2.23. The highest BCUT2D eigenvalue weighted by molar-refractivity contribution is 7.89. The van der Waals surface area contributed by atoms with Crippen molar-refractivity contribution >= 4 is 15.9 Å². The Hall–Kier alpha value is -1.44. The average molecular weight is 339 g/mol. The summed E-state index contributed by atoms with van der Waals surface area (Å²) < 4.78 is 26.5. The molecule has 1 unspecified atom stereocenters. The quantitative estimate of drug-likeness (QED) is 0.804. The maximum Gasteiger partial charge on any atom is 0.243 e. The number of nitrogens with zero attached hydrogens (tertiary/aromatic N) is 1. The number of likely N-dealkylation sites (N-methyl/N-ethyl adjacent to an activating group) is 1. The molecular formula is C16H25N3O3S. The summed E-state index contributed by atoms with van der Waals surface area (Å²) in [4.78, 5) is 12.4. The van der Waals surface area contributed by atoms with Crippen molar-refractivity contribution in [2.75, 3.05) is 26.7 Å². The molecule has 0 aliphatic carbocycles. The van der Waals surface area contributed by atoms with Crippen LogP contribution in [0.25, 0.3) is 0 Å². The van der Waals surface area contributed by atoms with E-state index in [9.17, 15) is 13.2 Å². The molecule has 2 rings (SSSR count). The van der Waals surface area contributed by atoms with Crippen molar-refractivity contribution in [1.82, 2.24) is 14.9 Å². The van der Waals surface area contributed by atoms with E-state index in [0.717, 1.165) is 0 Å². The van der Waals surface area contributed by atoms with E-state index in [4.69, 9.17) is 0 Å². The van der Waals surface area contributed by atoms with Gasteiger partial charge in [0.05, 0.1) is 4.90 Å². The molecule has 0 spiro atoms. The van der Waals surface area contributed by atoms with Crippen LogP contribution in [0.15, 0.2) is 35.2 Å². The monoisotopic (exact) mass is 339 g/mol. The van der Waals surface area contributed by atoms with Gasteiger partial charge in [-0.15, -0.1) is 0 Å². The minimum Gasteiger partial charge on any atom is -0.354 e. The lowest BCUT2D eigenvalue weighted by Gasteiger charge is -2.30. The Morgan fingerprint density at radius 3 is 2.43 bits per heavy atom. The Labute approximate surface area is 138 Å². The maximum absolute atomic E-state index is 12.5. The Morgan fingerprint density at radius 2 is 1.87 bits per heavy atom. The molecule has 1 aromatic rings. The van der Waals surface area contributed by atoms with E-state index < -0.39 is 10.0 Å². The molecule has 1 atom stereocenters. The summed E-state index contributed by atoms with van der Waals surface area (Å²) in [5.41, 5.74) is 0. The molecule has 2 N–H and O–H groups in total. The number of hydrogen-bond donors (Lipinski definition) is 2. The third-order valence-corrected chi connectivity index (χ3v) is 6.19. The molecular weight excluding hydrogens is 314 g/mol. The summed E-state index contributed by atoms with van der Waals surface area (Å²) in [7, 11) is -1.60. The first-order valence-corrected chi connectivity index (χ1v) is 9.39. The number of sulfonamides is 1. The van der Waals surface area contributed by atoms with Gasteiger partial charge in [0.1, 0.15) is 0 Å². The number of carbonyl (C=O) groups excluding carboxylic acids is 1. The SMILES string of the molecule is CNC(C)CNC(=O)C1CCN(S(=O)(=O)c2ccccc2)CC1. The first-order valence-electron chi connectivity index (χ1n) is 7.95. The van der Waals surface area contributed by atoms with Crippen molar-refractivity contribution in [2.45, 2.75) is 30.7 Å². The molecule has 1 heterocycles. The normalized spacial score (nSPS) is 18.5. The Kier molecular flexibility index (Phi) is 6.15. The number of benzene rings is 1. The van der Waals surface area contributed by atoms with Gasteiger partial charge in [-0.3, -0.25) is 4.79 Å². The van der Waals surface area contributed by atoms with Crippen LogP contribution in [0.1, 0.15) is 19.8 Å². The smallest absolute Gasteiger partial charge is 0.243 e. The van der Waals surface area contributed by atoms with Gasteiger partial charge in [0, 0.05) is 31.6 Å². The molecule has 1 saturated heterocycles. The highest BCUT2D eigenvalue weighted by atomic mass is 32.2. The summed E-state index contributed by atoms with van der Waals surface area (Å²) in [5, 5.41) is 5.98. The number of nitrogens with one attached hydrogen (secondary N) is 2. The van der Waals surface area contributed by atoms with Crippen LogP contribution in [0.4, 0.5) is 0 Å². The zero-order valence-corrected chi connectivity index (χ0v) is 14.5. The number of carbonyl (C=O) groups is 1. The van der Waals surface area contributed by atoms with E-state index in [2.05, 4.69) is 10.6 Å². The fourth-order valence-corrected chi connectivity index (χ4v) is 4.09. The summed E-state index contributed by atoms with van der Waals surface area (Å²) in [6, 6.07) is 8.66. The van der Waals surface area contributed by atoms with Gasteiger partial charge in [0.25, 0.3) is 0 Å². The Bertz CT molecular complexity index is 611. The molecule has 1 fully saturated rings. The number of piperidine rings is 1. The van der Waals surface area contributed by atoms with Gasteiger partial charge in [-0.1, -0.05) is 18.2 Å². The fourth-order valence-electron chi connectivity index (χ4n) is 2.60. The summed E-state index contributed by atoms with van der Waals surface area (Å²) in [6.07, 6.45) is 1.12. The lowest BCUT2D eigenvalue weighted by molar-refractivity contribution is -0.126. The van der Waals surface area contributed by atoms with Crippen molar-refractivity contribution in [3.05, 3.63) is 30.3 Å². The third-order valence-electron chi connectivity index (χ3n) is 4.28. The molecule has 6 nitrogen and oxygen atoms in total. The van der Waals surface area contributed by atoms with Gasteiger partial charge in [-0.2, -0.15) is 4.31 Å². The number of rotatable bonds is 6. The van der Waals surface area contributed by atoms with Gasteiger partial charge in [0.15, 0.2) is 0 Å². The van der Waals surface area contributed by atoms with E-state index >= 15 is 0 Å². The van der Waals surface area contributed by atoms with Crippen LogP contribution in [0.3, 0.4) is 0 Å². The molecule has 1 aliphatic rings. The highest BCUT2D eigenvalue weighted by Gasteiger charge is 2.31. The van der Waals surface area contributed by atoms with Gasteiger partial charge < -0.3 is 10.6 Å². The molecule has 1 aromatic carbocycles. The topological polar surface area (TPSA) is 78.5 Å². The molecule has 0 aromatic heterocycles. The molecule has 23 heavy (non-hydrogen) atoms. The second-order valence-electron chi connectivity index (χ2n) is 5.93. The van der Waals surface area contributed by atoms with Crippen molar-refractivity contribution in [1.29, 1.82) is 0 Å². The molecule has 7 heteroatoms.